The second-order valence-electron chi connectivity index (χ2n) is 3.49. The monoisotopic (exact) mass is 277 g/mol. The summed E-state index contributed by atoms with van der Waals surface area (Å²) in [5, 5.41) is 0. The third-order valence-corrected chi connectivity index (χ3v) is 2.75. The van der Waals surface area contributed by atoms with Gasteiger partial charge in [0.05, 0.1) is 6.20 Å². The Morgan fingerprint density at radius 2 is 1.88 bits per heavy atom. The number of benzene rings is 1. The molecule has 0 aliphatic heterocycles. The lowest BCUT2D eigenvalue weighted by Crippen LogP contribution is -2.02. The maximum atomic E-state index is 5.77. The van der Waals surface area contributed by atoms with Crippen LogP contribution in [0.1, 0.15) is 18.6 Å². The van der Waals surface area contributed by atoms with E-state index in [1.807, 2.05) is 37.3 Å². The van der Waals surface area contributed by atoms with Gasteiger partial charge in [0.25, 0.3) is 0 Å². The number of halogens is 1. The zero-order valence-corrected chi connectivity index (χ0v) is 10.5. The van der Waals surface area contributed by atoms with Crippen molar-refractivity contribution < 1.29 is 4.74 Å². The summed E-state index contributed by atoms with van der Waals surface area (Å²) in [5.74, 6) is 0.777. The highest BCUT2D eigenvalue weighted by Crippen LogP contribution is 2.21. The summed E-state index contributed by atoms with van der Waals surface area (Å²) in [5.41, 5.74) is 1.16. The van der Waals surface area contributed by atoms with Gasteiger partial charge in [-0.1, -0.05) is 30.3 Å². The molecule has 0 amide bonds. The number of hydrogen-bond acceptors (Lipinski definition) is 2. The quantitative estimate of drug-likeness (QED) is 0.792. The third-order valence-electron chi connectivity index (χ3n) is 2.28. The van der Waals surface area contributed by atoms with Crippen LogP contribution in [0.2, 0.25) is 0 Å². The van der Waals surface area contributed by atoms with Crippen molar-refractivity contribution in [1.29, 1.82) is 0 Å². The molecule has 0 aliphatic carbocycles. The van der Waals surface area contributed by atoms with E-state index in [2.05, 4.69) is 33.0 Å². The number of aromatic nitrogens is 1. The molecule has 1 atom stereocenters. The molecule has 2 rings (SSSR count). The molecule has 16 heavy (non-hydrogen) atoms. The normalized spacial score (nSPS) is 12.1. The lowest BCUT2D eigenvalue weighted by Gasteiger charge is -2.14. The Kier molecular flexibility index (Phi) is 3.57. The second kappa shape index (κ2) is 5.12. The minimum atomic E-state index is 0.0316. The Labute approximate surface area is 103 Å². The Balaban J connectivity index is 2.08. The minimum Gasteiger partial charge on any atom is -0.484 e. The van der Waals surface area contributed by atoms with Crippen molar-refractivity contribution in [2.75, 3.05) is 0 Å². The number of ether oxygens (including phenoxy) is 1. The van der Waals surface area contributed by atoms with Gasteiger partial charge >= 0.3 is 0 Å². The van der Waals surface area contributed by atoms with Gasteiger partial charge in [-0.15, -0.1) is 0 Å². The summed E-state index contributed by atoms with van der Waals surface area (Å²) in [7, 11) is 0. The summed E-state index contributed by atoms with van der Waals surface area (Å²) in [6.07, 6.45) is 1.74. The fraction of sp³-hybridized carbons (Fsp3) is 0.154. The predicted octanol–water partition coefficient (Wildman–Crippen LogP) is 3.98. The van der Waals surface area contributed by atoms with Crippen LogP contribution < -0.4 is 4.74 Å². The topological polar surface area (TPSA) is 22.1 Å². The van der Waals surface area contributed by atoms with Gasteiger partial charge in [0.15, 0.2) is 0 Å². The number of rotatable bonds is 3. The van der Waals surface area contributed by atoms with E-state index in [1.54, 1.807) is 6.20 Å². The lowest BCUT2D eigenvalue weighted by atomic mass is 10.1. The molecular formula is C13H12BrNO. The van der Waals surface area contributed by atoms with Crippen molar-refractivity contribution in [3.05, 3.63) is 58.8 Å². The number of hydrogen-bond donors (Lipinski definition) is 0. The van der Waals surface area contributed by atoms with E-state index in [1.165, 1.54) is 0 Å². The van der Waals surface area contributed by atoms with Crippen molar-refractivity contribution in [1.82, 2.24) is 4.98 Å². The van der Waals surface area contributed by atoms with E-state index in [-0.39, 0.29) is 6.10 Å². The van der Waals surface area contributed by atoms with Crippen LogP contribution in [0.3, 0.4) is 0 Å². The predicted molar refractivity (Wildman–Crippen MR) is 67.4 cm³/mol. The first kappa shape index (κ1) is 11.1. The van der Waals surface area contributed by atoms with Gasteiger partial charge in [0, 0.05) is 0 Å². The average molecular weight is 278 g/mol. The van der Waals surface area contributed by atoms with E-state index in [0.29, 0.717) is 0 Å². The highest BCUT2D eigenvalue weighted by molar-refractivity contribution is 9.10. The van der Waals surface area contributed by atoms with Crippen LogP contribution in [0.15, 0.2) is 53.3 Å². The van der Waals surface area contributed by atoms with Crippen LogP contribution in [-0.2, 0) is 0 Å². The molecule has 0 saturated heterocycles. The summed E-state index contributed by atoms with van der Waals surface area (Å²) < 4.78 is 6.58. The minimum absolute atomic E-state index is 0.0316. The standard InChI is InChI=1S/C13H12BrNO/c1-10(11-5-3-2-4-6-11)16-12-7-8-13(14)15-9-12/h2-10H,1H3. The lowest BCUT2D eigenvalue weighted by molar-refractivity contribution is 0.226. The number of pyridine rings is 1. The molecule has 0 spiro atoms. The SMILES string of the molecule is CC(Oc1ccc(Br)nc1)c1ccccc1. The molecule has 0 aliphatic rings. The Morgan fingerprint density at radius 1 is 1.12 bits per heavy atom. The molecule has 0 saturated carbocycles. The number of nitrogens with zero attached hydrogens (tertiary/aromatic N) is 1. The van der Waals surface area contributed by atoms with E-state index in [0.717, 1.165) is 15.9 Å². The molecule has 0 N–H and O–H groups in total. The molecule has 2 aromatic rings. The van der Waals surface area contributed by atoms with E-state index >= 15 is 0 Å². The smallest absolute Gasteiger partial charge is 0.138 e. The first-order valence-corrected chi connectivity index (χ1v) is 5.88. The van der Waals surface area contributed by atoms with Crippen LogP contribution in [0.4, 0.5) is 0 Å². The van der Waals surface area contributed by atoms with Gasteiger partial charge in [-0.25, -0.2) is 4.98 Å². The molecule has 1 heterocycles. The molecule has 2 nitrogen and oxygen atoms in total. The fourth-order valence-electron chi connectivity index (χ4n) is 1.43. The Hall–Kier alpha value is -1.35. The second-order valence-corrected chi connectivity index (χ2v) is 4.30. The van der Waals surface area contributed by atoms with Crippen LogP contribution in [0.25, 0.3) is 0 Å². The van der Waals surface area contributed by atoms with Crippen LogP contribution >= 0.6 is 15.9 Å². The summed E-state index contributed by atoms with van der Waals surface area (Å²) in [6, 6.07) is 13.9. The fourth-order valence-corrected chi connectivity index (χ4v) is 1.66. The van der Waals surface area contributed by atoms with E-state index < -0.39 is 0 Å². The molecule has 1 aromatic carbocycles. The van der Waals surface area contributed by atoms with Gasteiger partial charge in [-0.05, 0) is 40.5 Å². The molecule has 0 bridgehead atoms. The van der Waals surface area contributed by atoms with Gasteiger partial charge < -0.3 is 4.74 Å². The van der Waals surface area contributed by atoms with Gasteiger partial charge in [-0.3, -0.25) is 0 Å². The first-order valence-electron chi connectivity index (χ1n) is 5.09. The van der Waals surface area contributed by atoms with Crippen molar-refractivity contribution in [3.63, 3.8) is 0 Å². The van der Waals surface area contributed by atoms with E-state index in [4.69, 9.17) is 4.74 Å². The van der Waals surface area contributed by atoms with Gasteiger partial charge in [0.1, 0.15) is 16.5 Å². The Morgan fingerprint density at radius 3 is 2.50 bits per heavy atom. The van der Waals surface area contributed by atoms with Crippen molar-refractivity contribution in [2.24, 2.45) is 0 Å². The third kappa shape index (κ3) is 2.83. The first-order chi connectivity index (χ1) is 7.75. The molecule has 82 valence electrons. The zero-order chi connectivity index (χ0) is 11.4. The highest BCUT2D eigenvalue weighted by Gasteiger charge is 2.06. The molecular weight excluding hydrogens is 266 g/mol. The van der Waals surface area contributed by atoms with Crippen molar-refractivity contribution >= 4 is 15.9 Å². The maximum absolute atomic E-state index is 5.77. The molecule has 1 unspecified atom stereocenters. The summed E-state index contributed by atoms with van der Waals surface area (Å²) in [4.78, 5) is 4.12. The Bertz CT molecular complexity index is 441. The molecule has 1 aromatic heterocycles. The average Bonchev–Trinajstić information content (AvgIpc) is 2.33. The highest BCUT2D eigenvalue weighted by atomic mass is 79.9. The summed E-state index contributed by atoms with van der Waals surface area (Å²) >= 11 is 3.29. The van der Waals surface area contributed by atoms with Crippen molar-refractivity contribution in [2.45, 2.75) is 13.0 Å². The largest absolute Gasteiger partial charge is 0.484 e. The maximum Gasteiger partial charge on any atom is 0.138 e. The van der Waals surface area contributed by atoms with Gasteiger partial charge in [0.2, 0.25) is 0 Å². The van der Waals surface area contributed by atoms with E-state index in [9.17, 15) is 0 Å². The van der Waals surface area contributed by atoms with Crippen LogP contribution in [0.5, 0.6) is 5.75 Å². The molecule has 0 radical (unpaired) electrons. The molecule has 0 fully saturated rings. The van der Waals surface area contributed by atoms with Crippen LogP contribution in [-0.4, -0.2) is 4.98 Å². The summed E-state index contributed by atoms with van der Waals surface area (Å²) in [6.45, 7) is 2.03. The van der Waals surface area contributed by atoms with Crippen LogP contribution in [0, 0.1) is 0 Å². The van der Waals surface area contributed by atoms with Gasteiger partial charge in [-0.2, -0.15) is 0 Å². The zero-order valence-electron chi connectivity index (χ0n) is 8.93. The molecule has 3 heteroatoms. The van der Waals surface area contributed by atoms with Crippen molar-refractivity contribution in [3.8, 4) is 5.75 Å².